The molecule has 5 heteroatoms. The van der Waals surface area contributed by atoms with Gasteiger partial charge in [0.25, 0.3) is 0 Å². The Morgan fingerprint density at radius 1 is 1.14 bits per heavy atom. The zero-order valence-electron chi connectivity index (χ0n) is 12.6. The summed E-state index contributed by atoms with van der Waals surface area (Å²) in [5.74, 6) is 1.94. The maximum absolute atomic E-state index is 4.66. The number of nitrogens with one attached hydrogen (secondary N) is 1. The van der Waals surface area contributed by atoms with Crippen LogP contribution in [0.2, 0.25) is 0 Å². The first-order valence-corrected chi connectivity index (χ1v) is 7.42. The third-order valence-corrected chi connectivity index (χ3v) is 3.97. The van der Waals surface area contributed by atoms with Gasteiger partial charge in [-0.2, -0.15) is 0 Å². The molecule has 0 aromatic carbocycles. The minimum atomic E-state index is 0.538. The molecule has 0 saturated carbocycles. The number of nitrogens with zero attached hydrogens (tertiary/aromatic N) is 4. The summed E-state index contributed by atoms with van der Waals surface area (Å²) in [7, 11) is 2.17. The minimum absolute atomic E-state index is 0.538. The van der Waals surface area contributed by atoms with E-state index in [0.29, 0.717) is 11.9 Å². The van der Waals surface area contributed by atoms with Crippen LogP contribution in [-0.2, 0) is 0 Å². The summed E-state index contributed by atoms with van der Waals surface area (Å²) in [5, 5.41) is 3.18. The van der Waals surface area contributed by atoms with E-state index in [1.807, 2.05) is 37.5 Å². The second kappa shape index (κ2) is 6.18. The summed E-state index contributed by atoms with van der Waals surface area (Å²) in [4.78, 5) is 15.6. The Bertz CT molecular complexity index is 588. The van der Waals surface area contributed by atoms with Crippen molar-refractivity contribution >= 4 is 11.8 Å². The quantitative estimate of drug-likeness (QED) is 0.938. The van der Waals surface area contributed by atoms with Gasteiger partial charge in [-0.1, -0.05) is 6.07 Å². The van der Waals surface area contributed by atoms with Crippen molar-refractivity contribution in [2.75, 3.05) is 25.5 Å². The third-order valence-electron chi connectivity index (χ3n) is 3.97. The lowest BCUT2D eigenvalue weighted by Crippen LogP contribution is -2.29. The number of pyridine rings is 1. The molecule has 0 amide bonds. The van der Waals surface area contributed by atoms with Crippen LogP contribution in [0.3, 0.4) is 0 Å². The molecule has 3 rings (SSSR count). The van der Waals surface area contributed by atoms with E-state index in [1.54, 1.807) is 0 Å². The molecular weight excluding hydrogens is 262 g/mol. The summed E-state index contributed by atoms with van der Waals surface area (Å²) < 4.78 is 0. The van der Waals surface area contributed by atoms with E-state index in [4.69, 9.17) is 0 Å². The standard InChI is InChI=1S/C16H21N5/c1-12-3-4-15(18-11-12)20-16-17-8-5-14(19-16)13-6-9-21(2)10-7-13/h3-5,8,11,13H,6-7,9-10H2,1-2H3,(H,17,18,19,20). The fraction of sp³-hybridized carbons (Fsp3) is 0.438. The molecule has 3 heterocycles. The lowest BCUT2D eigenvalue weighted by molar-refractivity contribution is 0.253. The number of rotatable bonds is 3. The number of hydrogen-bond acceptors (Lipinski definition) is 5. The van der Waals surface area contributed by atoms with Crippen LogP contribution in [0.1, 0.15) is 30.0 Å². The van der Waals surface area contributed by atoms with E-state index in [-0.39, 0.29) is 0 Å². The van der Waals surface area contributed by atoms with Crippen LogP contribution in [0, 0.1) is 6.92 Å². The lowest BCUT2D eigenvalue weighted by atomic mass is 9.94. The Labute approximate surface area is 125 Å². The number of anilines is 2. The van der Waals surface area contributed by atoms with E-state index >= 15 is 0 Å². The van der Waals surface area contributed by atoms with Crippen LogP contribution in [0.4, 0.5) is 11.8 Å². The van der Waals surface area contributed by atoms with Gasteiger partial charge in [-0.25, -0.2) is 15.0 Å². The molecule has 1 N–H and O–H groups in total. The monoisotopic (exact) mass is 283 g/mol. The van der Waals surface area contributed by atoms with Crippen molar-refractivity contribution < 1.29 is 0 Å². The molecule has 0 radical (unpaired) electrons. The molecule has 1 aliphatic heterocycles. The predicted octanol–water partition coefficient (Wildman–Crippen LogP) is 2.73. The Hall–Kier alpha value is -2.01. The maximum Gasteiger partial charge on any atom is 0.228 e. The fourth-order valence-electron chi connectivity index (χ4n) is 2.62. The third kappa shape index (κ3) is 3.55. The largest absolute Gasteiger partial charge is 0.309 e. The molecule has 1 aliphatic rings. The van der Waals surface area contributed by atoms with Crippen molar-refractivity contribution in [1.29, 1.82) is 0 Å². The number of piperidine rings is 1. The number of aromatic nitrogens is 3. The molecule has 0 unspecified atom stereocenters. The lowest BCUT2D eigenvalue weighted by Gasteiger charge is -2.28. The molecule has 2 aromatic rings. The zero-order chi connectivity index (χ0) is 14.7. The second-order valence-electron chi connectivity index (χ2n) is 5.73. The van der Waals surface area contributed by atoms with Gasteiger partial charge in [-0.05, 0) is 57.6 Å². The average Bonchev–Trinajstić information content (AvgIpc) is 2.51. The van der Waals surface area contributed by atoms with Crippen molar-refractivity contribution in [3.8, 4) is 0 Å². The molecule has 0 spiro atoms. The van der Waals surface area contributed by atoms with Crippen LogP contribution < -0.4 is 5.32 Å². The highest BCUT2D eigenvalue weighted by Crippen LogP contribution is 2.26. The summed E-state index contributed by atoms with van der Waals surface area (Å²) in [6.45, 7) is 4.29. The molecule has 0 atom stereocenters. The van der Waals surface area contributed by atoms with Gasteiger partial charge in [0.2, 0.25) is 5.95 Å². The normalized spacial score (nSPS) is 16.9. The molecule has 110 valence electrons. The molecule has 0 bridgehead atoms. The fourth-order valence-corrected chi connectivity index (χ4v) is 2.62. The van der Waals surface area contributed by atoms with E-state index in [2.05, 4.69) is 32.2 Å². The Morgan fingerprint density at radius 2 is 1.95 bits per heavy atom. The highest BCUT2D eigenvalue weighted by Gasteiger charge is 2.19. The first kappa shape index (κ1) is 13.9. The minimum Gasteiger partial charge on any atom is -0.309 e. The van der Waals surface area contributed by atoms with Gasteiger partial charge < -0.3 is 10.2 Å². The van der Waals surface area contributed by atoms with Gasteiger partial charge in [-0.15, -0.1) is 0 Å². The van der Waals surface area contributed by atoms with Gasteiger partial charge in [0.05, 0.1) is 0 Å². The van der Waals surface area contributed by atoms with Crippen LogP contribution in [-0.4, -0.2) is 40.0 Å². The number of hydrogen-bond donors (Lipinski definition) is 1. The van der Waals surface area contributed by atoms with Gasteiger partial charge in [0.15, 0.2) is 0 Å². The maximum atomic E-state index is 4.66. The number of likely N-dealkylation sites (tertiary alicyclic amines) is 1. The Balaban J connectivity index is 1.72. The van der Waals surface area contributed by atoms with Crippen molar-refractivity contribution in [2.45, 2.75) is 25.7 Å². The van der Waals surface area contributed by atoms with Crippen LogP contribution in [0.15, 0.2) is 30.6 Å². The molecule has 0 aliphatic carbocycles. The molecule has 21 heavy (non-hydrogen) atoms. The van der Waals surface area contributed by atoms with E-state index < -0.39 is 0 Å². The van der Waals surface area contributed by atoms with Crippen molar-refractivity contribution in [3.05, 3.63) is 41.9 Å². The second-order valence-corrected chi connectivity index (χ2v) is 5.73. The van der Waals surface area contributed by atoms with E-state index in [1.165, 1.54) is 0 Å². The number of aryl methyl sites for hydroxylation is 1. The summed E-state index contributed by atoms with van der Waals surface area (Å²) in [6, 6.07) is 6.00. The van der Waals surface area contributed by atoms with E-state index in [0.717, 1.165) is 43.0 Å². The average molecular weight is 283 g/mol. The first-order valence-electron chi connectivity index (χ1n) is 7.42. The summed E-state index contributed by atoms with van der Waals surface area (Å²) >= 11 is 0. The van der Waals surface area contributed by atoms with Gasteiger partial charge in [0.1, 0.15) is 5.82 Å². The van der Waals surface area contributed by atoms with Crippen LogP contribution in [0.5, 0.6) is 0 Å². The summed E-state index contributed by atoms with van der Waals surface area (Å²) in [5.41, 5.74) is 2.27. The van der Waals surface area contributed by atoms with Gasteiger partial charge in [-0.3, -0.25) is 0 Å². The predicted molar refractivity (Wildman–Crippen MR) is 83.8 cm³/mol. The van der Waals surface area contributed by atoms with Crippen molar-refractivity contribution in [2.24, 2.45) is 0 Å². The Kier molecular flexibility index (Phi) is 4.10. The molecular formula is C16H21N5. The van der Waals surface area contributed by atoms with E-state index in [9.17, 15) is 0 Å². The van der Waals surface area contributed by atoms with Gasteiger partial charge >= 0.3 is 0 Å². The van der Waals surface area contributed by atoms with Crippen molar-refractivity contribution in [1.82, 2.24) is 19.9 Å². The SMILES string of the molecule is Cc1ccc(Nc2nccc(C3CCN(C)CC3)n2)nc1. The highest BCUT2D eigenvalue weighted by atomic mass is 15.1. The molecule has 1 fully saturated rings. The molecule has 2 aromatic heterocycles. The smallest absolute Gasteiger partial charge is 0.228 e. The summed E-state index contributed by atoms with van der Waals surface area (Å²) in [6.07, 6.45) is 5.99. The first-order chi connectivity index (χ1) is 10.2. The highest BCUT2D eigenvalue weighted by molar-refractivity contribution is 5.47. The topological polar surface area (TPSA) is 53.9 Å². The van der Waals surface area contributed by atoms with Crippen LogP contribution >= 0.6 is 0 Å². The Morgan fingerprint density at radius 3 is 2.67 bits per heavy atom. The molecule has 5 nitrogen and oxygen atoms in total. The zero-order valence-corrected chi connectivity index (χ0v) is 12.6. The van der Waals surface area contributed by atoms with Crippen molar-refractivity contribution in [3.63, 3.8) is 0 Å². The van der Waals surface area contributed by atoms with Crippen LogP contribution in [0.25, 0.3) is 0 Å². The molecule has 1 saturated heterocycles. The van der Waals surface area contributed by atoms with Gasteiger partial charge in [0, 0.05) is 24.0 Å².